The van der Waals surface area contributed by atoms with Gasteiger partial charge in [0.05, 0.1) is 11.4 Å². The van der Waals surface area contributed by atoms with Gasteiger partial charge in [-0.25, -0.2) is 13.4 Å². The molecule has 0 aromatic carbocycles. The highest BCUT2D eigenvalue weighted by molar-refractivity contribution is 7.89. The molecule has 1 fully saturated rings. The predicted octanol–water partition coefficient (Wildman–Crippen LogP) is 1.78. The molecule has 10 nitrogen and oxygen atoms in total. The quantitative estimate of drug-likeness (QED) is 0.637. The van der Waals surface area contributed by atoms with Crippen molar-refractivity contribution < 1.29 is 8.42 Å². The summed E-state index contributed by atoms with van der Waals surface area (Å²) in [7, 11) is -1.83. The number of sulfonamides is 1. The fraction of sp³-hybridized carbons (Fsp3) is 0.400. The van der Waals surface area contributed by atoms with Crippen molar-refractivity contribution in [1.82, 2.24) is 29.3 Å². The third kappa shape index (κ3) is 4.23. The Labute approximate surface area is 182 Å². The first-order valence-corrected chi connectivity index (χ1v) is 11.5. The molecule has 0 unspecified atom stereocenters. The first kappa shape index (κ1) is 21.2. The summed E-state index contributed by atoms with van der Waals surface area (Å²) in [4.78, 5) is 6.61. The number of nitrogens with one attached hydrogen (secondary N) is 1. The number of piperazine rings is 1. The molecule has 1 aliphatic heterocycles. The van der Waals surface area contributed by atoms with E-state index in [0.29, 0.717) is 59.9 Å². The topological polar surface area (TPSA) is 109 Å². The third-order valence-electron chi connectivity index (χ3n) is 5.43. The molecule has 0 amide bonds. The van der Waals surface area contributed by atoms with Crippen LogP contribution in [0.5, 0.6) is 0 Å². The summed E-state index contributed by atoms with van der Waals surface area (Å²) in [6.07, 6.45) is 1.74. The minimum atomic E-state index is -3.58. The SMILES string of the molecule is Cc1ccnc(Nc2ccc(N3CCN(S(=O)(=O)c4c(C)nn(C)c4C)CC3)nn2)c1. The molecule has 1 saturated heterocycles. The van der Waals surface area contributed by atoms with Crippen molar-refractivity contribution in [3.05, 3.63) is 47.4 Å². The van der Waals surface area contributed by atoms with E-state index in [4.69, 9.17) is 0 Å². The summed E-state index contributed by atoms with van der Waals surface area (Å²) >= 11 is 0. The Morgan fingerprint density at radius 2 is 1.71 bits per heavy atom. The average Bonchev–Trinajstić information content (AvgIpc) is 3.00. The number of hydrogen-bond acceptors (Lipinski definition) is 8. The average molecular weight is 443 g/mol. The summed E-state index contributed by atoms with van der Waals surface area (Å²) in [6.45, 7) is 7.35. The number of aryl methyl sites for hydroxylation is 3. The standard InChI is InChI=1S/C20H26N8O2S/c1-14-7-8-21-18(13-14)22-17-5-6-19(24-23-17)27-9-11-28(12-10-27)31(29,30)20-15(2)25-26(4)16(20)3/h5-8,13H,9-12H2,1-4H3,(H,21,22,23). The van der Waals surface area contributed by atoms with Gasteiger partial charge in [0.1, 0.15) is 10.7 Å². The summed E-state index contributed by atoms with van der Waals surface area (Å²) in [6, 6.07) is 7.58. The molecule has 3 aromatic rings. The van der Waals surface area contributed by atoms with Crippen molar-refractivity contribution in [1.29, 1.82) is 0 Å². The second-order valence-corrected chi connectivity index (χ2v) is 9.51. The summed E-state index contributed by atoms with van der Waals surface area (Å²) in [5.41, 5.74) is 2.28. The highest BCUT2D eigenvalue weighted by atomic mass is 32.2. The Balaban J connectivity index is 1.42. The summed E-state index contributed by atoms with van der Waals surface area (Å²) < 4.78 is 29.4. The summed E-state index contributed by atoms with van der Waals surface area (Å²) in [5, 5.41) is 15.9. The molecular weight excluding hydrogens is 416 g/mol. The molecular formula is C20H26N8O2S. The maximum atomic E-state index is 13.1. The molecule has 0 spiro atoms. The van der Waals surface area contributed by atoms with Crippen LogP contribution < -0.4 is 10.2 Å². The molecule has 0 saturated carbocycles. The monoisotopic (exact) mass is 442 g/mol. The fourth-order valence-electron chi connectivity index (χ4n) is 3.71. The Hall–Kier alpha value is -3.05. The van der Waals surface area contributed by atoms with Crippen LogP contribution in [0.15, 0.2) is 35.4 Å². The number of pyridine rings is 1. The van der Waals surface area contributed by atoms with Crippen LogP contribution in [-0.4, -0.2) is 63.9 Å². The van der Waals surface area contributed by atoms with Gasteiger partial charge >= 0.3 is 0 Å². The van der Waals surface area contributed by atoms with Gasteiger partial charge in [-0.15, -0.1) is 10.2 Å². The number of hydrogen-bond donors (Lipinski definition) is 1. The van der Waals surface area contributed by atoms with Gasteiger partial charge in [-0.3, -0.25) is 4.68 Å². The van der Waals surface area contributed by atoms with Gasteiger partial charge < -0.3 is 10.2 Å². The van der Waals surface area contributed by atoms with E-state index in [1.165, 1.54) is 4.31 Å². The molecule has 164 valence electrons. The zero-order valence-electron chi connectivity index (χ0n) is 18.1. The number of nitrogens with zero attached hydrogens (tertiary/aromatic N) is 7. The molecule has 1 aliphatic rings. The van der Waals surface area contributed by atoms with Crippen LogP contribution in [-0.2, 0) is 17.1 Å². The zero-order valence-corrected chi connectivity index (χ0v) is 18.9. The van der Waals surface area contributed by atoms with Gasteiger partial charge in [0.15, 0.2) is 11.6 Å². The Bertz CT molecular complexity index is 1180. The third-order valence-corrected chi connectivity index (χ3v) is 7.58. The van der Waals surface area contributed by atoms with Crippen molar-refractivity contribution >= 4 is 27.5 Å². The molecule has 0 radical (unpaired) electrons. The lowest BCUT2D eigenvalue weighted by molar-refractivity contribution is 0.383. The van der Waals surface area contributed by atoms with Crippen LogP contribution in [0, 0.1) is 20.8 Å². The molecule has 0 atom stereocenters. The fourth-order valence-corrected chi connectivity index (χ4v) is 5.53. The highest BCUT2D eigenvalue weighted by Gasteiger charge is 2.33. The van der Waals surface area contributed by atoms with Gasteiger partial charge in [-0.1, -0.05) is 0 Å². The summed E-state index contributed by atoms with van der Waals surface area (Å²) in [5.74, 6) is 2.03. The van der Waals surface area contributed by atoms with Crippen LogP contribution in [0.1, 0.15) is 17.0 Å². The normalized spacial score (nSPS) is 15.3. The van der Waals surface area contributed by atoms with Crippen LogP contribution in [0.3, 0.4) is 0 Å². The zero-order chi connectivity index (χ0) is 22.2. The van der Waals surface area contributed by atoms with E-state index < -0.39 is 10.0 Å². The van der Waals surface area contributed by atoms with Gasteiger partial charge in [-0.2, -0.15) is 9.40 Å². The van der Waals surface area contributed by atoms with Gasteiger partial charge in [0.25, 0.3) is 0 Å². The van der Waals surface area contributed by atoms with Crippen molar-refractivity contribution in [3.8, 4) is 0 Å². The molecule has 1 N–H and O–H groups in total. The molecule has 0 aliphatic carbocycles. The van der Waals surface area contributed by atoms with E-state index in [-0.39, 0.29) is 0 Å². The first-order valence-electron chi connectivity index (χ1n) is 10.0. The molecule has 0 bridgehead atoms. The van der Waals surface area contributed by atoms with Crippen LogP contribution in [0.4, 0.5) is 17.5 Å². The Kier molecular flexibility index (Phi) is 5.63. The van der Waals surface area contributed by atoms with E-state index in [9.17, 15) is 8.42 Å². The first-order chi connectivity index (χ1) is 14.8. The minimum Gasteiger partial charge on any atom is -0.352 e. The lowest BCUT2D eigenvalue weighted by atomic mass is 10.3. The smallest absolute Gasteiger partial charge is 0.246 e. The lowest BCUT2D eigenvalue weighted by Crippen LogP contribution is -2.49. The molecule has 4 heterocycles. The highest BCUT2D eigenvalue weighted by Crippen LogP contribution is 2.25. The van der Waals surface area contributed by atoms with Crippen LogP contribution in [0.2, 0.25) is 0 Å². The van der Waals surface area contributed by atoms with Gasteiger partial charge in [0.2, 0.25) is 10.0 Å². The number of aromatic nitrogens is 5. The Morgan fingerprint density at radius 3 is 2.29 bits per heavy atom. The maximum absolute atomic E-state index is 13.1. The predicted molar refractivity (Wildman–Crippen MR) is 118 cm³/mol. The van der Waals surface area contributed by atoms with Crippen molar-refractivity contribution in [3.63, 3.8) is 0 Å². The van der Waals surface area contributed by atoms with Crippen molar-refractivity contribution in [2.75, 3.05) is 36.4 Å². The van der Waals surface area contributed by atoms with Crippen LogP contribution >= 0.6 is 0 Å². The Morgan fingerprint density at radius 1 is 0.968 bits per heavy atom. The number of rotatable bonds is 5. The number of anilines is 3. The molecule has 11 heteroatoms. The van der Waals surface area contributed by atoms with E-state index >= 15 is 0 Å². The molecule has 31 heavy (non-hydrogen) atoms. The second-order valence-electron chi connectivity index (χ2n) is 7.63. The lowest BCUT2D eigenvalue weighted by Gasteiger charge is -2.34. The minimum absolute atomic E-state index is 0.309. The van der Waals surface area contributed by atoms with E-state index in [1.54, 1.807) is 31.8 Å². The van der Waals surface area contributed by atoms with E-state index in [1.807, 2.05) is 36.1 Å². The van der Waals surface area contributed by atoms with Crippen molar-refractivity contribution in [2.24, 2.45) is 7.05 Å². The van der Waals surface area contributed by atoms with E-state index in [2.05, 4.69) is 25.6 Å². The molecule has 4 rings (SSSR count). The maximum Gasteiger partial charge on any atom is 0.246 e. The second kappa shape index (κ2) is 8.23. The van der Waals surface area contributed by atoms with Crippen molar-refractivity contribution in [2.45, 2.75) is 25.7 Å². The van der Waals surface area contributed by atoms with Gasteiger partial charge in [0, 0.05) is 39.4 Å². The van der Waals surface area contributed by atoms with Crippen LogP contribution in [0.25, 0.3) is 0 Å². The van der Waals surface area contributed by atoms with E-state index in [0.717, 1.165) is 5.56 Å². The molecule has 3 aromatic heterocycles. The largest absolute Gasteiger partial charge is 0.352 e. The van der Waals surface area contributed by atoms with Gasteiger partial charge in [-0.05, 0) is 50.6 Å².